The summed E-state index contributed by atoms with van der Waals surface area (Å²) in [5.74, 6) is -3.61. The summed E-state index contributed by atoms with van der Waals surface area (Å²) >= 11 is 0. The first kappa shape index (κ1) is 18.4. The molecule has 0 aromatic rings. The van der Waals surface area contributed by atoms with Crippen LogP contribution in [0.1, 0.15) is 19.3 Å². The number of aliphatic hydroxyl groups is 1. The molecule has 0 amide bonds. The number of rotatable bonds is 8. The second-order valence-corrected chi connectivity index (χ2v) is 4.86. The molecule has 0 unspecified atom stereocenters. The first-order valence-corrected chi connectivity index (χ1v) is 6.85. The average Bonchev–Trinajstić information content (AvgIpc) is 2.49. The Bertz CT molecular complexity index is 565. The fraction of sp³-hybridized carbons (Fsp3) is 0.429. The molecule has 1 aliphatic heterocycles. The van der Waals surface area contributed by atoms with Gasteiger partial charge in [-0.3, -0.25) is 4.99 Å². The number of allylic oxidation sites excluding steroid dienone is 2. The third-order valence-corrected chi connectivity index (χ3v) is 3.10. The summed E-state index contributed by atoms with van der Waals surface area (Å²) < 4.78 is 0. The number of hydrogen-bond acceptors (Lipinski definition) is 6. The van der Waals surface area contributed by atoms with Crippen LogP contribution in [0.25, 0.3) is 0 Å². The summed E-state index contributed by atoms with van der Waals surface area (Å²) in [5, 5.41) is 38.0. The summed E-state index contributed by atoms with van der Waals surface area (Å²) in [4.78, 5) is 36.8. The van der Waals surface area contributed by atoms with Crippen molar-refractivity contribution in [2.75, 3.05) is 6.61 Å². The van der Waals surface area contributed by atoms with Gasteiger partial charge in [0.2, 0.25) is 0 Å². The van der Waals surface area contributed by atoms with E-state index in [1.807, 2.05) is 0 Å². The van der Waals surface area contributed by atoms with Gasteiger partial charge < -0.3 is 25.7 Å². The average molecular weight is 326 g/mol. The van der Waals surface area contributed by atoms with E-state index in [0.717, 1.165) is 0 Å². The van der Waals surface area contributed by atoms with Crippen LogP contribution in [0.4, 0.5) is 0 Å². The first-order valence-electron chi connectivity index (χ1n) is 6.85. The molecule has 9 heteroatoms. The van der Waals surface area contributed by atoms with Gasteiger partial charge in [0, 0.05) is 19.2 Å². The number of aliphatic hydroxyl groups excluding tert-OH is 1. The van der Waals surface area contributed by atoms with E-state index < -0.39 is 30.0 Å². The normalized spacial score (nSPS) is 20.8. The van der Waals surface area contributed by atoms with Gasteiger partial charge in [-0.05, 0) is 30.6 Å². The topological polar surface area (TPSA) is 157 Å². The molecule has 5 N–H and O–H groups in total. The Hall–Kier alpha value is -2.68. The lowest BCUT2D eigenvalue weighted by atomic mass is 10.00. The predicted octanol–water partition coefficient (Wildman–Crippen LogP) is -0.376. The number of carbonyl (C=O) groups is 3. The van der Waals surface area contributed by atoms with Gasteiger partial charge in [-0.15, -0.1) is 0 Å². The Kier molecular flexibility index (Phi) is 6.94. The van der Waals surface area contributed by atoms with Crippen LogP contribution in [0.15, 0.2) is 28.4 Å². The molecule has 23 heavy (non-hydrogen) atoms. The Morgan fingerprint density at radius 2 is 2.04 bits per heavy atom. The standard InChI is InChI=1S/C14H18N2O7/c17-5-1-2-9(12(18)19)15-4-3-8-6-10(13(20)21)16-11(7-8)14(22)23/h3-4,6,9,11,16-17H,1-2,5,7H2,(H,18,19)(H,20,21)(H,22,23)/t9-,11+/m0/s1. The lowest BCUT2D eigenvalue weighted by Crippen LogP contribution is -2.41. The van der Waals surface area contributed by atoms with E-state index in [2.05, 4.69) is 10.3 Å². The van der Waals surface area contributed by atoms with Gasteiger partial charge in [0.15, 0.2) is 0 Å². The highest BCUT2D eigenvalue weighted by Crippen LogP contribution is 2.16. The minimum Gasteiger partial charge on any atom is -0.480 e. The van der Waals surface area contributed by atoms with E-state index in [-0.39, 0.29) is 25.1 Å². The van der Waals surface area contributed by atoms with E-state index in [1.54, 1.807) is 0 Å². The highest BCUT2D eigenvalue weighted by atomic mass is 16.4. The van der Waals surface area contributed by atoms with Crippen molar-refractivity contribution in [2.24, 2.45) is 4.99 Å². The second-order valence-electron chi connectivity index (χ2n) is 4.86. The molecule has 9 nitrogen and oxygen atoms in total. The molecular formula is C14H18N2O7. The van der Waals surface area contributed by atoms with Gasteiger partial charge in [0.25, 0.3) is 0 Å². The monoisotopic (exact) mass is 326 g/mol. The van der Waals surface area contributed by atoms with E-state index in [0.29, 0.717) is 12.0 Å². The zero-order valence-corrected chi connectivity index (χ0v) is 12.2. The van der Waals surface area contributed by atoms with Crippen molar-refractivity contribution in [2.45, 2.75) is 31.3 Å². The Balaban J connectivity index is 2.89. The number of aliphatic imine (C=N–C) groups is 1. The lowest BCUT2D eigenvalue weighted by molar-refractivity contribution is -0.140. The molecule has 1 rings (SSSR count). The maximum Gasteiger partial charge on any atom is 0.351 e. The van der Waals surface area contributed by atoms with Gasteiger partial charge in [-0.25, -0.2) is 14.4 Å². The largest absolute Gasteiger partial charge is 0.480 e. The number of carboxylic acids is 3. The maximum absolute atomic E-state index is 11.0. The van der Waals surface area contributed by atoms with Crippen LogP contribution in [-0.2, 0) is 14.4 Å². The van der Waals surface area contributed by atoms with Gasteiger partial charge in [-0.2, -0.15) is 0 Å². The summed E-state index contributed by atoms with van der Waals surface area (Å²) in [5.41, 5.74) is 0.155. The van der Waals surface area contributed by atoms with Gasteiger partial charge in [0.1, 0.15) is 17.8 Å². The number of nitrogens with zero attached hydrogens (tertiary/aromatic N) is 1. The zero-order chi connectivity index (χ0) is 17.4. The van der Waals surface area contributed by atoms with E-state index in [1.165, 1.54) is 18.4 Å². The molecule has 0 radical (unpaired) electrons. The number of carboxylic acid groups (broad SMARTS) is 3. The maximum atomic E-state index is 11.0. The minimum atomic E-state index is -1.29. The van der Waals surface area contributed by atoms with E-state index >= 15 is 0 Å². The molecular weight excluding hydrogens is 308 g/mol. The quantitative estimate of drug-likeness (QED) is 0.378. The van der Waals surface area contributed by atoms with Crippen LogP contribution in [0, 0.1) is 0 Å². The van der Waals surface area contributed by atoms with Crippen LogP contribution in [-0.4, -0.2) is 63.2 Å². The van der Waals surface area contributed by atoms with Gasteiger partial charge in [-0.1, -0.05) is 0 Å². The van der Waals surface area contributed by atoms with Crippen LogP contribution < -0.4 is 5.32 Å². The molecule has 0 bridgehead atoms. The number of aliphatic carboxylic acids is 3. The molecule has 1 heterocycles. The molecule has 2 atom stereocenters. The van der Waals surface area contributed by atoms with E-state index in [4.69, 9.17) is 20.4 Å². The van der Waals surface area contributed by atoms with Crippen molar-refractivity contribution in [3.05, 3.63) is 23.4 Å². The minimum absolute atomic E-state index is 0.0481. The Morgan fingerprint density at radius 3 is 2.57 bits per heavy atom. The summed E-state index contributed by atoms with van der Waals surface area (Å²) in [6.45, 7) is -0.142. The van der Waals surface area contributed by atoms with Crippen molar-refractivity contribution >= 4 is 24.1 Å². The summed E-state index contributed by atoms with van der Waals surface area (Å²) in [6, 6.07) is -2.09. The third-order valence-electron chi connectivity index (χ3n) is 3.10. The SMILES string of the molecule is O=C(O)C1=CC(=CC=N[C@@H](CCCO)C(=O)O)C[C@H](C(=O)O)N1. The highest BCUT2D eigenvalue weighted by Gasteiger charge is 2.26. The smallest absolute Gasteiger partial charge is 0.351 e. The van der Waals surface area contributed by atoms with Crippen LogP contribution in [0.3, 0.4) is 0 Å². The lowest BCUT2D eigenvalue weighted by Gasteiger charge is -2.21. The highest BCUT2D eigenvalue weighted by molar-refractivity contribution is 5.89. The Labute approximate surface area is 131 Å². The molecule has 0 aromatic carbocycles. The fourth-order valence-corrected chi connectivity index (χ4v) is 1.94. The van der Waals surface area contributed by atoms with Crippen molar-refractivity contribution in [1.29, 1.82) is 0 Å². The number of nitrogens with one attached hydrogen (secondary N) is 1. The summed E-state index contributed by atoms with van der Waals surface area (Å²) in [6.07, 6.45) is 4.38. The molecule has 0 saturated heterocycles. The van der Waals surface area contributed by atoms with Crippen molar-refractivity contribution < 1.29 is 34.8 Å². The van der Waals surface area contributed by atoms with Crippen molar-refractivity contribution in [3.8, 4) is 0 Å². The molecule has 0 aromatic heterocycles. The fourth-order valence-electron chi connectivity index (χ4n) is 1.94. The zero-order valence-electron chi connectivity index (χ0n) is 12.2. The van der Waals surface area contributed by atoms with Gasteiger partial charge in [0.05, 0.1) is 0 Å². The van der Waals surface area contributed by atoms with Crippen LogP contribution in [0.5, 0.6) is 0 Å². The Morgan fingerprint density at radius 1 is 1.35 bits per heavy atom. The number of hydrogen-bond donors (Lipinski definition) is 5. The predicted molar refractivity (Wildman–Crippen MR) is 79.2 cm³/mol. The van der Waals surface area contributed by atoms with Crippen LogP contribution in [0.2, 0.25) is 0 Å². The molecule has 0 aliphatic carbocycles. The molecule has 0 fully saturated rings. The molecule has 126 valence electrons. The van der Waals surface area contributed by atoms with Gasteiger partial charge >= 0.3 is 17.9 Å². The molecule has 0 saturated carbocycles. The van der Waals surface area contributed by atoms with Crippen molar-refractivity contribution in [1.82, 2.24) is 5.32 Å². The molecule has 0 spiro atoms. The first-order chi connectivity index (χ1) is 10.8. The van der Waals surface area contributed by atoms with E-state index in [9.17, 15) is 14.4 Å². The molecule has 1 aliphatic rings. The van der Waals surface area contributed by atoms with Crippen molar-refractivity contribution in [3.63, 3.8) is 0 Å². The second kappa shape index (κ2) is 8.69. The summed E-state index contributed by atoms with van der Waals surface area (Å²) in [7, 11) is 0. The third kappa shape index (κ3) is 5.91. The van der Waals surface area contributed by atoms with Crippen LogP contribution >= 0.6 is 0 Å².